The standard InChI is InChI=1S/C17H14F4O2.C9H16O2/c1-3-23-11-7-5-9-8-4-6-10(22-2)14(18)12(8)16(20)17(21)13(9)15(11)19;1-2-11-9-5-3-8(7-10)4-6-9/h4-7,16-17H,3H2,1-2H3;7-9H,2-6H2,1H3. The third kappa shape index (κ3) is 5.22. The van der Waals surface area contributed by atoms with E-state index in [9.17, 15) is 22.4 Å². The molecule has 34 heavy (non-hydrogen) atoms. The minimum absolute atomic E-state index is 0.113. The highest BCUT2D eigenvalue weighted by Gasteiger charge is 2.40. The van der Waals surface area contributed by atoms with Gasteiger partial charge >= 0.3 is 0 Å². The van der Waals surface area contributed by atoms with Crippen molar-refractivity contribution < 1.29 is 36.6 Å². The van der Waals surface area contributed by atoms with Gasteiger partial charge in [0.05, 0.1) is 19.8 Å². The molecule has 0 radical (unpaired) electrons. The van der Waals surface area contributed by atoms with Crippen molar-refractivity contribution in [1.29, 1.82) is 0 Å². The highest BCUT2D eigenvalue weighted by atomic mass is 19.2. The zero-order valence-electron chi connectivity index (χ0n) is 19.6. The van der Waals surface area contributed by atoms with Crippen LogP contribution in [0.2, 0.25) is 0 Å². The summed E-state index contributed by atoms with van der Waals surface area (Å²) >= 11 is 0. The van der Waals surface area contributed by atoms with E-state index >= 15 is 0 Å². The Hall–Kier alpha value is -2.61. The lowest BCUT2D eigenvalue weighted by molar-refractivity contribution is -0.112. The van der Waals surface area contributed by atoms with Gasteiger partial charge in [0.25, 0.3) is 0 Å². The molecule has 0 bridgehead atoms. The van der Waals surface area contributed by atoms with Gasteiger partial charge < -0.3 is 19.0 Å². The summed E-state index contributed by atoms with van der Waals surface area (Å²) in [4.78, 5) is 10.4. The summed E-state index contributed by atoms with van der Waals surface area (Å²) in [5.41, 5.74) is -0.668. The summed E-state index contributed by atoms with van der Waals surface area (Å²) in [6.45, 7) is 4.66. The number of aldehydes is 1. The molecule has 0 aliphatic heterocycles. The Morgan fingerprint density at radius 3 is 1.85 bits per heavy atom. The van der Waals surface area contributed by atoms with Crippen molar-refractivity contribution in [3.05, 3.63) is 47.0 Å². The van der Waals surface area contributed by atoms with Crippen LogP contribution in [0.1, 0.15) is 63.0 Å². The van der Waals surface area contributed by atoms with Crippen molar-refractivity contribution in [3.8, 4) is 22.6 Å². The summed E-state index contributed by atoms with van der Waals surface area (Å²) in [6.07, 6.45) is 1.05. The van der Waals surface area contributed by atoms with Gasteiger partial charge in [0.15, 0.2) is 35.5 Å². The van der Waals surface area contributed by atoms with Crippen molar-refractivity contribution in [3.63, 3.8) is 0 Å². The Kier molecular flexibility index (Phi) is 8.94. The highest BCUT2D eigenvalue weighted by Crippen LogP contribution is 2.52. The monoisotopic (exact) mass is 482 g/mol. The maximum Gasteiger partial charge on any atom is 0.171 e. The molecule has 1 fully saturated rings. The van der Waals surface area contributed by atoms with E-state index in [0.717, 1.165) is 38.6 Å². The van der Waals surface area contributed by atoms with Crippen molar-refractivity contribution in [2.75, 3.05) is 20.3 Å². The summed E-state index contributed by atoms with van der Waals surface area (Å²) in [5.74, 6) is -1.96. The molecule has 2 unspecified atom stereocenters. The smallest absolute Gasteiger partial charge is 0.171 e. The van der Waals surface area contributed by atoms with Crippen LogP contribution in [0, 0.1) is 17.6 Å². The maximum atomic E-state index is 14.5. The van der Waals surface area contributed by atoms with Crippen LogP contribution in [0.15, 0.2) is 24.3 Å². The molecule has 2 aromatic rings. The number of carbonyl (C=O) groups is 1. The molecule has 2 aromatic carbocycles. The zero-order chi connectivity index (χ0) is 24.8. The minimum atomic E-state index is -2.32. The summed E-state index contributed by atoms with van der Waals surface area (Å²) < 4.78 is 73.0. The molecule has 4 rings (SSSR count). The Morgan fingerprint density at radius 1 is 0.853 bits per heavy atom. The molecule has 2 aliphatic carbocycles. The predicted octanol–water partition coefficient (Wildman–Crippen LogP) is 6.85. The first kappa shape index (κ1) is 26.0. The average molecular weight is 483 g/mol. The van der Waals surface area contributed by atoms with Gasteiger partial charge in [0.1, 0.15) is 6.29 Å². The van der Waals surface area contributed by atoms with E-state index in [2.05, 4.69) is 0 Å². The number of ether oxygens (including phenoxy) is 3. The van der Waals surface area contributed by atoms with Gasteiger partial charge in [-0.25, -0.2) is 17.6 Å². The quantitative estimate of drug-likeness (QED) is 0.334. The summed E-state index contributed by atoms with van der Waals surface area (Å²) in [5, 5.41) is 0. The molecule has 0 heterocycles. The normalized spacial score (nSPS) is 23.1. The lowest BCUT2D eigenvalue weighted by atomic mass is 9.82. The number of fused-ring (bicyclic) bond motifs is 3. The Bertz CT molecular complexity index is 989. The van der Waals surface area contributed by atoms with Crippen LogP contribution in [0.5, 0.6) is 11.5 Å². The molecule has 2 atom stereocenters. The molecule has 8 heteroatoms. The molecule has 0 N–H and O–H groups in total. The first-order valence-electron chi connectivity index (χ1n) is 11.5. The molecule has 0 aromatic heterocycles. The third-order valence-electron chi connectivity index (χ3n) is 6.22. The second kappa shape index (κ2) is 11.7. The van der Waals surface area contributed by atoms with E-state index < -0.39 is 35.1 Å². The fraction of sp³-hybridized carbons (Fsp3) is 0.500. The lowest BCUT2D eigenvalue weighted by Gasteiger charge is -2.28. The summed E-state index contributed by atoms with van der Waals surface area (Å²) in [7, 11) is 1.23. The first-order valence-corrected chi connectivity index (χ1v) is 11.5. The number of carbonyl (C=O) groups excluding carboxylic acids is 1. The van der Waals surface area contributed by atoms with Crippen LogP contribution in [-0.4, -0.2) is 32.7 Å². The molecule has 186 valence electrons. The third-order valence-corrected chi connectivity index (χ3v) is 6.22. The fourth-order valence-corrected chi connectivity index (χ4v) is 4.50. The molecule has 0 saturated heterocycles. The molecule has 4 nitrogen and oxygen atoms in total. The molecule has 0 spiro atoms. The van der Waals surface area contributed by atoms with E-state index in [1.54, 1.807) is 6.92 Å². The van der Waals surface area contributed by atoms with Crippen molar-refractivity contribution in [2.45, 2.75) is 58.0 Å². The Balaban J connectivity index is 0.000000248. The van der Waals surface area contributed by atoms with Crippen LogP contribution < -0.4 is 9.47 Å². The van der Waals surface area contributed by atoms with E-state index in [0.29, 0.717) is 12.0 Å². The van der Waals surface area contributed by atoms with Crippen LogP contribution in [-0.2, 0) is 9.53 Å². The average Bonchev–Trinajstić information content (AvgIpc) is 2.85. The van der Waals surface area contributed by atoms with Crippen molar-refractivity contribution in [2.24, 2.45) is 5.92 Å². The number of hydrogen-bond acceptors (Lipinski definition) is 4. The molecule has 1 saturated carbocycles. The zero-order valence-corrected chi connectivity index (χ0v) is 19.6. The Labute approximate surface area is 197 Å². The van der Waals surface area contributed by atoms with E-state index in [-0.39, 0.29) is 29.2 Å². The maximum absolute atomic E-state index is 14.5. The molecular weight excluding hydrogens is 452 g/mol. The largest absolute Gasteiger partial charge is 0.494 e. The predicted molar refractivity (Wildman–Crippen MR) is 121 cm³/mol. The molecule has 0 amide bonds. The number of methoxy groups -OCH3 is 1. The van der Waals surface area contributed by atoms with Gasteiger partial charge in [-0.05, 0) is 62.8 Å². The Morgan fingerprint density at radius 2 is 1.38 bits per heavy atom. The van der Waals surface area contributed by atoms with Gasteiger partial charge in [0.2, 0.25) is 0 Å². The van der Waals surface area contributed by atoms with E-state index in [1.807, 2.05) is 6.92 Å². The topological polar surface area (TPSA) is 44.8 Å². The number of rotatable bonds is 6. The van der Waals surface area contributed by atoms with E-state index in [1.165, 1.54) is 31.4 Å². The molecular formula is C26H30F4O4. The van der Waals surface area contributed by atoms with Crippen LogP contribution in [0.25, 0.3) is 11.1 Å². The molecule has 2 aliphatic rings. The first-order chi connectivity index (χ1) is 16.4. The fourth-order valence-electron chi connectivity index (χ4n) is 4.50. The van der Waals surface area contributed by atoms with Crippen LogP contribution in [0.4, 0.5) is 17.6 Å². The number of benzene rings is 2. The second-order valence-corrected chi connectivity index (χ2v) is 8.25. The van der Waals surface area contributed by atoms with E-state index in [4.69, 9.17) is 14.2 Å². The van der Waals surface area contributed by atoms with Gasteiger partial charge in [-0.2, -0.15) is 0 Å². The number of alkyl halides is 2. The van der Waals surface area contributed by atoms with Gasteiger partial charge in [0, 0.05) is 23.7 Å². The SMILES string of the molecule is CCOC1CCC(C=O)CC1.CCOc1ccc2c(c1F)C(F)C(F)c1c-2ccc(OC)c1F. The minimum Gasteiger partial charge on any atom is -0.494 e. The van der Waals surface area contributed by atoms with Crippen LogP contribution >= 0.6 is 0 Å². The number of halogens is 4. The van der Waals surface area contributed by atoms with Gasteiger partial charge in [-0.1, -0.05) is 12.1 Å². The van der Waals surface area contributed by atoms with Gasteiger partial charge in [-0.3, -0.25) is 0 Å². The second-order valence-electron chi connectivity index (χ2n) is 8.25. The van der Waals surface area contributed by atoms with Gasteiger partial charge in [-0.15, -0.1) is 0 Å². The number of hydrogen-bond donors (Lipinski definition) is 0. The highest BCUT2D eigenvalue weighted by molar-refractivity contribution is 5.76. The van der Waals surface area contributed by atoms with Crippen molar-refractivity contribution >= 4 is 6.29 Å². The summed E-state index contributed by atoms with van der Waals surface area (Å²) in [6, 6.07) is 5.44. The lowest BCUT2D eigenvalue weighted by Crippen LogP contribution is -2.22. The van der Waals surface area contributed by atoms with Crippen molar-refractivity contribution in [1.82, 2.24) is 0 Å². The van der Waals surface area contributed by atoms with Crippen LogP contribution in [0.3, 0.4) is 0 Å².